The Morgan fingerprint density at radius 1 is 0.857 bits per heavy atom. The maximum atomic E-state index is 13.6. The first-order valence-corrected chi connectivity index (χ1v) is 12.4. The summed E-state index contributed by atoms with van der Waals surface area (Å²) in [6.07, 6.45) is 0. The van der Waals surface area contributed by atoms with Crippen LogP contribution in [0, 0.1) is 13.8 Å². The van der Waals surface area contributed by atoms with Crippen molar-refractivity contribution in [1.29, 1.82) is 0 Å². The van der Waals surface area contributed by atoms with Crippen molar-refractivity contribution < 1.29 is 9.53 Å². The molecule has 174 valence electrons. The molecule has 0 fully saturated rings. The summed E-state index contributed by atoms with van der Waals surface area (Å²) in [5.74, 6) is 0.549. The quantitative estimate of drug-likeness (QED) is 0.249. The van der Waals surface area contributed by atoms with Gasteiger partial charge in [-0.15, -0.1) is 0 Å². The Bertz CT molecular complexity index is 1460. The first-order chi connectivity index (χ1) is 17.1. The summed E-state index contributed by atoms with van der Waals surface area (Å²) >= 11 is 1.54. The van der Waals surface area contributed by atoms with Crippen LogP contribution in [0.25, 0.3) is 21.3 Å². The second-order valence-corrected chi connectivity index (χ2v) is 9.48. The van der Waals surface area contributed by atoms with E-state index in [-0.39, 0.29) is 12.5 Å². The summed E-state index contributed by atoms with van der Waals surface area (Å²) in [7, 11) is 0. The third-order valence-electron chi connectivity index (χ3n) is 6.11. The predicted molar refractivity (Wildman–Crippen MR) is 144 cm³/mol. The van der Waals surface area contributed by atoms with E-state index in [2.05, 4.69) is 26.0 Å². The molecule has 1 amide bonds. The number of nitrogens with zero attached hydrogens (tertiary/aromatic N) is 2. The fourth-order valence-electron chi connectivity index (χ4n) is 4.02. The fraction of sp³-hybridized carbons (Fsp3) is 0.133. The van der Waals surface area contributed by atoms with Crippen LogP contribution in [0.3, 0.4) is 0 Å². The first kappa shape index (κ1) is 22.8. The van der Waals surface area contributed by atoms with Gasteiger partial charge < -0.3 is 4.74 Å². The van der Waals surface area contributed by atoms with E-state index in [0.29, 0.717) is 17.4 Å². The number of rotatable bonds is 7. The Morgan fingerprint density at radius 2 is 1.54 bits per heavy atom. The standard InChI is InChI=1S/C30H26N2O2S/c1-21-17-18-27-29(22(21)2)31-30(35-27)32(19-23-11-5-3-6-12-23)28(33)20-34-26-16-10-9-15-25(26)24-13-7-4-8-14-24/h3-18H,19-20H2,1-2H3. The van der Waals surface area contributed by atoms with E-state index >= 15 is 0 Å². The average molecular weight is 479 g/mol. The van der Waals surface area contributed by atoms with Gasteiger partial charge in [0.05, 0.1) is 16.8 Å². The van der Waals surface area contributed by atoms with Gasteiger partial charge >= 0.3 is 0 Å². The van der Waals surface area contributed by atoms with E-state index in [4.69, 9.17) is 9.72 Å². The zero-order valence-electron chi connectivity index (χ0n) is 19.8. The lowest BCUT2D eigenvalue weighted by Crippen LogP contribution is -2.34. The molecule has 4 aromatic carbocycles. The Morgan fingerprint density at radius 3 is 2.31 bits per heavy atom. The molecular formula is C30H26N2O2S. The molecular weight excluding hydrogens is 452 g/mol. The maximum Gasteiger partial charge on any atom is 0.267 e. The number of benzene rings is 4. The van der Waals surface area contributed by atoms with Gasteiger partial charge in [-0.1, -0.05) is 96.3 Å². The van der Waals surface area contributed by atoms with E-state index in [1.165, 1.54) is 16.9 Å². The smallest absolute Gasteiger partial charge is 0.267 e. The molecule has 0 N–H and O–H groups in total. The zero-order valence-corrected chi connectivity index (χ0v) is 20.6. The lowest BCUT2D eigenvalue weighted by molar-refractivity contribution is -0.120. The summed E-state index contributed by atoms with van der Waals surface area (Å²) in [6.45, 7) is 4.51. The number of carbonyl (C=O) groups is 1. The number of carbonyl (C=O) groups excluding carboxylic acids is 1. The highest BCUT2D eigenvalue weighted by Crippen LogP contribution is 2.33. The molecule has 0 aliphatic rings. The Kier molecular flexibility index (Phi) is 6.59. The summed E-state index contributed by atoms with van der Waals surface area (Å²) in [6, 6.07) is 32.0. The lowest BCUT2D eigenvalue weighted by atomic mass is 10.1. The SMILES string of the molecule is Cc1ccc2sc(N(Cc3ccccc3)C(=O)COc3ccccc3-c3ccccc3)nc2c1C. The minimum Gasteiger partial charge on any atom is -0.483 e. The number of ether oxygens (including phenoxy) is 1. The van der Waals surface area contributed by atoms with Crippen LogP contribution >= 0.6 is 11.3 Å². The Labute approximate surface area is 209 Å². The summed E-state index contributed by atoms with van der Waals surface area (Å²) < 4.78 is 7.17. The molecule has 0 aliphatic heterocycles. The van der Waals surface area contributed by atoms with Gasteiger partial charge in [-0.3, -0.25) is 9.69 Å². The summed E-state index contributed by atoms with van der Waals surface area (Å²) in [5.41, 5.74) is 6.33. The Balaban J connectivity index is 1.44. The van der Waals surface area contributed by atoms with Crippen molar-refractivity contribution in [1.82, 2.24) is 4.98 Å². The first-order valence-electron chi connectivity index (χ1n) is 11.6. The number of aromatic nitrogens is 1. The van der Waals surface area contributed by atoms with E-state index in [0.717, 1.165) is 32.5 Å². The minimum atomic E-state index is -0.134. The number of anilines is 1. The molecule has 0 spiro atoms. The maximum absolute atomic E-state index is 13.6. The van der Waals surface area contributed by atoms with Crippen LogP contribution in [0.2, 0.25) is 0 Å². The van der Waals surface area contributed by atoms with Crippen LogP contribution in [0.15, 0.2) is 97.1 Å². The van der Waals surface area contributed by atoms with Crippen LogP contribution in [0.1, 0.15) is 16.7 Å². The van der Waals surface area contributed by atoms with Crippen molar-refractivity contribution in [2.75, 3.05) is 11.5 Å². The van der Waals surface area contributed by atoms with Crippen molar-refractivity contribution in [2.45, 2.75) is 20.4 Å². The molecule has 0 atom stereocenters. The van der Waals surface area contributed by atoms with Crippen LogP contribution in [0.5, 0.6) is 5.75 Å². The van der Waals surface area contributed by atoms with E-state index < -0.39 is 0 Å². The molecule has 0 aliphatic carbocycles. The highest BCUT2D eigenvalue weighted by Gasteiger charge is 2.22. The number of amides is 1. The molecule has 0 unspecified atom stereocenters. The minimum absolute atomic E-state index is 0.0788. The van der Waals surface area contributed by atoms with Gasteiger partial charge in [-0.05, 0) is 48.2 Å². The van der Waals surface area contributed by atoms with E-state index in [1.54, 1.807) is 4.90 Å². The van der Waals surface area contributed by atoms with Crippen molar-refractivity contribution in [3.63, 3.8) is 0 Å². The third-order valence-corrected chi connectivity index (χ3v) is 7.16. The van der Waals surface area contributed by atoms with Crippen LogP contribution in [-0.4, -0.2) is 17.5 Å². The third kappa shape index (κ3) is 4.96. The molecule has 0 radical (unpaired) electrons. The van der Waals surface area contributed by atoms with Gasteiger partial charge in [0.1, 0.15) is 5.75 Å². The normalized spacial score (nSPS) is 10.9. The van der Waals surface area contributed by atoms with Gasteiger partial charge in [-0.2, -0.15) is 0 Å². The predicted octanol–water partition coefficient (Wildman–Crippen LogP) is 7.19. The summed E-state index contributed by atoms with van der Waals surface area (Å²) in [4.78, 5) is 20.2. The molecule has 5 aromatic rings. The molecule has 1 heterocycles. The molecule has 5 heteroatoms. The number of para-hydroxylation sites is 1. The van der Waals surface area contributed by atoms with Crippen LogP contribution < -0.4 is 9.64 Å². The number of hydrogen-bond acceptors (Lipinski definition) is 4. The van der Waals surface area contributed by atoms with Crippen molar-refractivity contribution >= 4 is 32.6 Å². The zero-order chi connectivity index (χ0) is 24.2. The largest absolute Gasteiger partial charge is 0.483 e. The second-order valence-electron chi connectivity index (χ2n) is 8.47. The van der Waals surface area contributed by atoms with Gasteiger partial charge in [0.25, 0.3) is 5.91 Å². The van der Waals surface area contributed by atoms with Crippen molar-refractivity contribution in [2.24, 2.45) is 0 Å². The lowest BCUT2D eigenvalue weighted by Gasteiger charge is -2.21. The molecule has 0 saturated heterocycles. The number of aryl methyl sites for hydroxylation is 2. The summed E-state index contributed by atoms with van der Waals surface area (Å²) in [5, 5.41) is 0.683. The average Bonchev–Trinajstić information content (AvgIpc) is 3.34. The van der Waals surface area contributed by atoms with E-state index in [9.17, 15) is 4.79 Å². The van der Waals surface area contributed by atoms with Gasteiger partial charge in [-0.25, -0.2) is 4.98 Å². The van der Waals surface area contributed by atoms with Gasteiger partial charge in [0.2, 0.25) is 0 Å². The molecule has 5 rings (SSSR count). The number of fused-ring (bicyclic) bond motifs is 1. The van der Waals surface area contributed by atoms with Crippen LogP contribution in [-0.2, 0) is 11.3 Å². The second kappa shape index (κ2) is 10.1. The van der Waals surface area contributed by atoms with Crippen molar-refractivity contribution in [3.8, 4) is 16.9 Å². The van der Waals surface area contributed by atoms with Crippen molar-refractivity contribution in [3.05, 3.63) is 114 Å². The molecule has 1 aromatic heterocycles. The van der Waals surface area contributed by atoms with Gasteiger partial charge in [0, 0.05) is 5.56 Å². The monoisotopic (exact) mass is 478 g/mol. The molecule has 35 heavy (non-hydrogen) atoms. The number of hydrogen-bond donors (Lipinski definition) is 0. The van der Waals surface area contributed by atoms with E-state index in [1.807, 2.05) is 84.9 Å². The Hall–Kier alpha value is -3.96. The highest BCUT2D eigenvalue weighted by atomic mass is 32.1. The van der Waals surface area contributed by atoms with Gasteiger partial charge in [0.15, 0.2) is 11.7 Å². The fourth-order valence-corrected chi connectivity index (χ4v) is 5.07. The van der Waals surface area contributed by atoms with Crippen LogP contribution in [0.4, 0.5) is 5.13 Å². The topological polar surface area (TPSA) is 42.4 Å². The highest BCUT2D eigenvalue weighted by molar-refractivity contribution is 7.22. The number of thiazole rings is 1. The molecule has 0 bridgehead atoms. The molecule has 0 saturated carbocycles. The molecule has 4 nitrogen and oxygen atoms in total.